The van der Waals surface area contributed by atoms with E-state index in [0.717, 1.165) is 24.9 Å². The number of amides is 2. The van der Waals surface area contributed by atoms with Gasteiger partial charge in [0.15, 0.2) is 11.5 Å². The number of urea groups is 1. The van der Waals surface area contributed by atoms with Crippen LogP contribution in [-0.2, 0) is 17.6 Å². The van der Waals surface area contributed by atoms with Gasteiger partial charge in [0.2, 0.25) is 0 Å². The van der Waals surface area contributed by atoms with Gasteiger partial charge in [-0.15, -0.1) is 10.2 Å². The number of likely N-dealkylation sites (tertiary alicyclic amines) is 1. The number of fused-ring (bicyclic) bond motifs is 2. The van der Waals surface area contributed by atoms with E-state index in [0.29, 0.717) is 24.4 Å². The molecule has 3 aromatic heterocycles. The molecule has 1 N–H and O–H groups in total. The number of carbonyl (C=O) groups excluding carboxylic acids is 1. The van der Waals surface area contributed by atoms with Gasteiger partial charge in [0, 0.05) is 38.7 Å². The van der Waals surface area contributed by atoms with Gasteiger partial charge in [-0.25, -0.2) is 4.79 Å². The second kappa shape index (κ2) is 6.83. The van der Waals surface area contributed by atoms with E-state index < -0.39 is 0 Å². The minimum atomic E-state index is -0.230. The molecule has 9 nitrogen and oxygen atoms in total. The smallest absolute Gasteiger partial charge is 0.322 e. The normalized spacial score (nSPS) is 21.2. The Labute approximate surface area is 161 Å². The molecule has 28 heavy (non-hydrogen) atoms. The SMILES string of the molecule is CO[C@@H]1C[C@@H](c2nnc3cnccn23)N(C(=O)Nc2cncc3c2CCC3)C1. The zero-order valence-corrected chi connectivity index (χ0v) is 15.6. The van der Waals surface area contributed by atoms with Crippen molar-refractivity contribution < 1.29 is 9.53 Å². The molecule has 2 amide bonds. The molecule has 9 heteroatoms. The highest BCUT2D eigenvalue weighted by atomic mass is 16.5. The maximum atomic E-state index is 13.2. The molecule has 0 unspecified atom stereocenters. The van der Waals surface area contributed by atoms with Crippen LogP contribution >= 0.6 is 0 Å². The summed E-state index contributed by atoms with van der Waals surface area (Å²) >= 11 is 0. The van der Waals surface area contributed by atoms with Gasteiger partial charge >= 0.3 is 6.03 Å². The van der Waals surface area contributed by atoms with E-state index in [4.69, 9.17) is 4.74 Å². The first kappa shape index (κ1) is 17.1. The molecule has 3 aromatic rings. The molecular formula is C19H21N7O2. The molecule has 2 aliphatic rings. The van der Waals surface area contributed by atoms with Crippen LogP contribution in [0.5, 0.6) is 0 Å². The minimum absolute atomic E-state index is 0.0513. The average molecular weight is 379 g/mol. The van der Waals surface area contributed by atoms with Gasteiger partial charge in [-0.05, 0) is 30.4 Å². The highest BCUT2D eigenvalue weighted by Gasteiger charge is 2.39. The van der Waals surface area contributed by atoms with Crippen molar-refractivity contribution in [1.82, 2.24) is 29.5 Å². The lowest BCUT2D eigenvalue weighted by atomic mass is 10.1. The first-order valence-corrected chi connectivity index (χ1v) is 9.45. The van der Waals surface area contributed by atoms with E-state index in [9.17, 15) is 4.79 Å². The van der Waals surface area contributed by atoms with Gasteiger partial charge in [0.25, 0.3) is 0 Å². The summed E-state index contributed by atoms with van der Waals surface area (Å²) in [4.78, 5) is 23.3. The summed E-state index contributed by atoms with van der Waals surface area (Å²) in [5.41, 5.74) is 3.88. The Bertz CT molecular complexity index is 1030. The largest absolute Gasteiger partial charge is 0.380 e. The monoisotopic (exact) mass is 379 g/mol. The number of anilines is 1. The van der Waals surface area contributed by atoms with Crippen molar-refractivity contribution >= 4 is 17.4 Å². The molecule has 0 radical (unpaired) electrons. The molecule has 1 aliphatic carbocycles. The maximum Gasteiger partial charge on any atom is 0.322 e. The van der Waals surface area contributed by atoms with Crippen LogP contribution in [0, 0.1) is 0 Å². The number of aromatic nitrogens is 5. The first-order chi connectivity index (χ1) is 13.7. The summed E-state index contributed by atoms with van der Waals surface area (Å²) in [6.07, 6.45) is 12.5. The molecule has 1 fully saturated rings. The zero-order chi connectivity index (χ0) is 19.1. The number of pyridine rings is 1. The van der Waals surface area contributed by atoms with Crippen molar-refractivity contribution in [3.05, 3.63) is 47.9 Å². The van der Waals surface area contributed by atoms with Gasteiger partial charge < -0.3 is 15.0 Å². The minimum Gasteiger partial charge on any atom is -0.380 e. The molecular weight excluding hydrogens is 358 g/mol. The molecule has 1 saturated heterocycles. The number of nitrogens with zero attached hydrogens (tertiary/aromatic N) is 6. The van der Waals surface area contributed by atoms with Gasteiger partial charge in [0.1, 0.15) is 0 Å². The zero-order valence-electron chi connectivity index (χ0n) is 15.6. The number of hydrogen-bond donors (Lipinski definition) is 1. The summed E-state index contributed by atoms with van der Waals surface area (Å²) in [6.45, 7) is 0.495. The molecule has 1 aliphatic heterocycles. The van der Waals surface area contributed by atoms with Crippen LogP contribution in [-0.4, -0.2) is 55.3 Å². The number of ether oxygens (including phenoxy) is 1. The summed E-state index contributed by atoms with van der Waals surface area (Å²) in [5.74, 6) is 0.712. The van der Waals surface area contributed by atoms with E-state index in [1.54, 1.807) is 30.6 Å². The highest BCUT2D eigenvalue weighted by Crippen LogP contribution is 2.34. The van der Waals surface area contributed by atoms with Gasteiger partial charge in [-0.2, -0.15) is 0 Å². The second-order valence-electron chi connectivity index (χ2n) is 7.23. The van der Waals surface area contributed by atoms with E-state index in [2.05, 4.69) is 25.5 Å². The number of aryl methyl sites for hydroxylation is 1. The lowest BCUT2D eigenvalue weighted by Crippen LogP contribution is -2.36. The van der Waals surface area contributed by atoms with Crippen molar-refractivity contribution in [3.63, 3.8) is 0 Å². The topological polar surface area (TPSA) is 97.5 Å². The number of nitrogens with one attached hydrogen (secondary N) is 1. The van der Waals surface area contributed by atoms with E-state index in [1.165, 1.54) is 11.1 Å². The van der Waals surface area contributed by atoms with Crippen LogP contribution < -0.4 is 5.32 Å². The lowest BCUT2D eigenvalue weighted by Gasteiger charge is -2.24. The Kier molecular flexibility index (Phi) is 4.16. The summed E-state index contributed by atoms with van der Waals surface area (Å²) in [6, 6.07) is -0.399. The van der Waals surface area contributed by atoms with Crippen LogP contribution in [0.2, 0.25) is 0 Å². The Morgan fingerprint density at radius 3 is 3.04 bits per heavy atom. The third-order valence-corrected chi connectivity index (χ3v) is 5.66. The fourth-order valence-corrected chi connectivity index (χ4v) is 4.23. The van der Waals surface area contributed by atoms with Crippen molar-refractivity contribution in [1.29, 1.82) is 0 Å². The summed E-state index contributed by atoms with van der Waals surface area (Å²) < 4.78 is 7.43. The van der Waals surface area contributed by atoms with Crippen LogP contribution in [0.1, 0.15) is 35.8 Å². The molecule has 5 rings (SSSR count). The Morgan fingerprint density at radius 1 is 1.21 bits per heavy atom. The van der Waals surface area contributed by atoms with Gasteiger partial charge in [-0.1, -0.05) is 0 Å². The number of hydrogen-bond acceptors (Lipinski definition) is 6. The van der Waals surface area contributed by atoms with Crippen molar-refractivity contribution in [2.24, 2.45) is 0 Å². The second-order valence-corrected chi connectivity index (χ2v) is 7.23. The van der Waals surface area contributed by atoms with Crippen LogP contribution in [0.4, 0.5) is 10.5 Å². The highest BCUT2D eigenvalue weighted by molar-refractivity contribution is 5.90. The third-order valence-electron chi connectivity index (χ3n) is 5.66. The predicted octanol–water partition coefficient (Wildman–Crippen LogP) is 2.00. The molecule has 0 bridgehead atoms. The molecule has 0 spiro atoms. The number of carbonyl (C=O) groups is 1. The van der Waals surface area contributed by atoms with Crippen LogP contribution in [0.25, 0.3) is 5.65 Å². The third kappa shape index (κ3) is 2.78. The first-order valence-electron chi connectivity index (χ1n) is 9.45. The van der Waals surface area contributed by atoms with Crippen LogP contribution in [0.3, 0.4) is 0 Å². The maximum absolute atomic E-state index is 13.2. The van der Waals surface area contributed by atoms with Crippen molar-refractivity contribution in [2.75, 3.05) is 19.0 Å². The fraction of sp³-hybridized carbons (Fsp3) is 0.421. The molecule has 144 valence electrons. The lowest BCUT2D eigenvalue weighted by molar-refractivity contribution is 0.111. The van der Waals surface area contributed by atoms with Crippen LogP contribution in [0.15, 0.2) is 31.0 Å². The van der Waals surface area contributed by atoms with Crippen molar-refractivity contribution in [3.8, 4) is 0 Å². The Hall–Kier alpha value is -3.07. The quantitative estimate of drug-likeness (QED) is 0.748. The van der Waals surface area contributed by atoms with Crippen molar-refractivity contribution in [2.45, 2.75) is 37.8 Å². The molecule has 0 saturated carbocycles. The molecule has 0 aromatic carbocycles. The summed E-state index contributed by atoms with van der Waals surface area (Å²) in [7, 11) is 1.67. The predicted molar refractivity (Wildman–Crippen MR) is 101 cm³/mol. The summed E-state index contributed by atoms with van der Waals surface area (Å²) in [5, 5.41) is 11.6. The Balaban J connectivity index is 1.45. The van der Waals surface area contributed by atoms with E-state index in [-0.39, 0.29) is 18.2 Å². The van der Waals surface area contributed by atoms with Gasteiger partial charge in [-0.3, -0.25) is 14.4 Å². The Morgan fingerprint density at radius 2 is 2.14 bits per heavy atom. The fourth-order valence-electron chi connectivity index (χ4n) is 4.23. The molecule has 4 heterocycles. The average Bonchev–Trinajstić information content (AvgIpc) is 3.45. The molecule has 2 atom stereocenters. The number of rotatable bonds is 3. The van der Waals surface area contributed by atoms with E-state index in [1.807, 2.05) is 16.8 Å². The van der Waals surface area contributed by atoms with E-state index >= 15 is 0 Å². The van der Waals surface area contributed by atoms with Gasteiger partial charge in [0.05, 0.1) is 30.2 Å². The standard InChI is InChI=1S/C19H21N7O2/c1-28-13-7-16(18-24-23-17-10-20-5-6-25(17)18)26(11-13)19(27)22-15-9-21-8-12-3-2-4-14(12)15/h5-6,8-10,13,16H,2-4,7,11H2,1H3,(H,22,27)/t13-,16+/m1/s1. The number of methoxy groups -OCH3 is 1.